The number of rotatable bonds is 5. The first-order valence-electron chi connectivity index (χ1n) is 6.89. The molecule has 3 nitrogen and oxygen atoms in total. The molecule has 1 aliphatic rings. The van der Waals surface area contributed by atoms with Crippen molar-refractivity contribution >= 4 is 5.91 Å². The molecule has 0 unspecified atom stereocenters. The van der Waals surface area contributed by atoms with E-state index in [0.29, 0.717) is 30.7 Å². The average Bonchev–Trinajstić information content (AvgIpc) is 2.37. The Morgan fingerprint density at radius 3 is 2.80 bits per heavy atom. The van der Waals surface area contributed by atoms with Crippen molar-refractivity contribution in [1.82, 2.24) is 5.32 Å². The van der Waals surface area contributed by atoms with E-state index >= 15 is 0 Å². The van der Waals surface area contributed by atoms with Crippen LogP contribution in [-0.4, -0.2) is 19.1 Å². The largest absolute Gasteiger partial charge is 0.493 e. The summed E-state index contributed by atoms with van der Waals surface area (Å²) in [6.45, 7) is 3.77. The maximum atomic E-state index is 13.5. The fourth-order valence-corrected chi connectivity index (χ4v) is 2.22. The van der Waals surface area contributed by atoms with E-state index in [0.717, 1.165) is 19.8 Å². The van der Waals surface area contributed by atoms with Gasteiger partial charge in [-0.05, 0) is 30.5 Å². The highest BCUT2D eigenvalue weighted by molar-refractivity contribution is 5.99. The summed E-state index contributed by atoms with van der Waals surface area (Å²) in [6.07, 6.45) is 2.32. The van der Waals surface area contributed by atoms with Crippen LogP contribution in [0.4, 0.5) is 8.78 Å². The van der Waals surface area contributed by atoms with Crippen LogP contribution in [0.1, 0.15) is 48.2 Å². The van der Waals surface area contributed by atoms with Crippen molar-refractivity contribution in [2.75, 3.05) is 13.2 Å². The van der Waals surface area contributed by atoms with Gasteiger partial charge in [0.2, 0.25) is 0 Å². The van der Waals surface area contributed by atoms with Gasteiger partial charge in [-0.25, -0.2) is 8.78 Å². The van der Waals surface area contributed by atoms with Gasteiger partial charge in [-0.15, -0.1) is 0 Å². The quantitative estimate of drug-likeness (QED) is 0.842. The van der Waals surface area contributed by atoms with E-state index in [2.05, 4.69) is 5.32 Å². The lowest BCUT2D eigenvalue weighted by Gasteiger charge is -2.22. The van der Waals surface area contributed by atoms with Gasteiger partial charge in [-0.3, -0.25) is 4.79 Å². The van der Waals surface area contributed by atoms with Gasteiger partial charge in [0.05, 0.1) is 12.2 Å². The molecule has 1 heterocycles. The zero-order chi connectivity index (χ0) is 14.8. The highest BCUT2D eigenvalue weighted by Crippen LogP contribution is 2.35. The molecule has 2 rings (SSSR count). The fourth-order valence-electron chi connectivity index (χ4n) is 2.22. The van der Waals surface area contributed by atoms with Crippen LogP contribution in [0.15, 0.2) is 12.1 Å². The third-order valence-electron chi connectivity index (χ3n) is 3.35. The second-order valence-electron chi connectivity index (χ2n) is 5.10. The Labute approximate surface area is 117 Å². The molecule has 1 N–H and O–H groups in total. The van der Waals surface area contributed by atoms with Crippen LogP contribution < -0.4 is 10.1 Å². The van der Waals surface area contributed by atoms with Crippen molar-refractivity contribution in [3.63, 3.8) is 0 Å². The third kappa shape index (κ3) is 3.08. The Hall–Kier alpha value is -1.65. The number of hydrogen-bond donors (Lipinski definition) is 1. The molecule has 20 heavy (non-hydrogen) atoms. The van der Waals surface area contributed by atoms with E-state index in [1.807, 2.05) is 6.92 Å². The molecule has 1 aliphatic heterocycles. The van der Waals surface area contributed by atoms with E-state index in [1.165, 1.54) is 12.1 Å². The first kappa shape index (κ1) is 14.8. The number of carbonyl (C=O) groups excluding carboxylic acids is 1. The standard InChI is InChI=1S/C15H19F2NO2/c1-3-4-7-20-12-9-11(15(2,16)17)8-10-5-6-18-14(19)13(10)12/h8-9H,3-7H2,1-2H3,(H,18,19). The molecule has 1 amide bonds. The van der Waals surface area contributed by atoms with Crippen LogP contribution in [-0.2, 0) is 12.3 Å². The lowest BCUT2D eigenvalue weighted by molar-refractivity contribution is 0.0170. The number of amides is 1. The molecule has 0 aromatic heterocycles. The van der Waals surface area contributed by atoms with Crippen molar-refractivity contribution in [3.8, 4) is 5.75 Å². The molecular formula is C15H19F2NO2. The second kappa shape index (κ2) is 5.77. The molecule has 0 fully saturated rings. The Balaban J connectivity index is 2.42. The molecule has 0 spiro atoms. The van der Waals surface area contributed by atoms with E-state index in [-0.39, 0.29) is 17.2 Å². The molecule has 1 aromatic rings. The summed E-state index contributed by atoms with van der Waals surface area (Å²) < 4.78 is 32.6. The topological polar surface area (TPSA) is 38.3 Å². The number of hydrogen-bond acceptors (Lipinski definition) is 2. The Kier molecular flexibility index (Phi) is 4.26. The van der Waals surface area contributed by atoms with Crippen molar-refractivity contribution in [3.05, 3.63) is 28.8 Å². The summed E-state index contributed by atoms with van der Waals surface area (Å²) in [6, 6.07) is 2.71. The van der Waals surface area contributed by atoms with Crippen molar-refractivity contribution in [1.29, 1.82) is 0 Å². The zero-order valence-electron chi connectivity index (χ0n) is 11.8. The number of unbranched alkanes of at least 4 members (excludes halogenated alkanes) is 1. The first-order chi connectivity index (χ1) is 9.43. The number of benzene rings is 1. The van der Waals surface area contributed by atoms with Gasteiger partial charge >= 0.3 is 0 Å². The minimum absolute atomic E-state index is 0.0996. The van der Waals surface area contributed by atoms with Gasteiger partial charge in [0.15, 0.2) is 0 Å². The monoisotopic (exact) mass is 283 g/mol. The van der Waals surface area contributed by atoms with Crippen LogP contribution in [0, 0.1) is 0 Å². The van der Waals surface area contributed by atoms with Crippen LogP contribution >= 0.6 is 0 Å². The Bertz CT molecular complexity index is 509. The molecule has 5 heteroatoms. The Morgan fingerprint density at radius 1 is 1.40 bits per heavy atom. The van der Waals surface area contributed by atoms with Crippen LogP contribution in [0.2, 0.25) is 0 Å². The number of fused-ring (bicyclic) bond motifs is 1. The first-order valence-corrected chi connectivity index (χ1v) is 6.89. The Morgan fingerprint density at radius 2 is 2.15 bits per heavy atom. The maximum absolute atomic E-state index is 13.5. The van der Waals surface area contributed by atoms with Gasteiger partial charge in [-0.1, -0.05) is 13.3 Å². The summed E-state index contributed by atoms with van der Waals surface area (Å²) >= 11 is 0. The molecule has 0 atom stereocenters. The lowest BCUT2D eigenvalue weighted by atomic mass is 9.95. The highest BCUT2D eigenvalue weighted by Gasteiger charge is 2.30. The minimum atomic E-state index is -2.94. The van der Waals surface area contributed by atoms with Crippen LogP contribution in [0.3, 0.4) is 0 Å². The highest BCUT2D eigenvalue weighted by atomic mass is 19.3. The molecular weight excluding hydrogens is 264 g/mol. The maximum Gasteiger partial charge on any atom is 0.270 e. The predicted octanol–water partition coefficient (Wildman–Crippen LogP) is 3.26. The lowest BCUT2D eigenvalue weighted by Crippen LogP contribution is -2.32. The average molecular weight is 283 g/mol. The molecule has 0 aliphatic carbocycles. The van der Waals surface area contributed by atoms with Crippen molar-refractivity contribution in [2.45, 2.75) is 39.0 Å². The summed E-state index contributed by atoms with van der Waals surface area (Å²) in [5.41, 5.74) is 0.942. The third-order valence-corrected chi connectivity index (χ3v) is 3.35. The summed E-state index contributed by atoms with van der Waals surface area (Å²) in [5, 5.41) is 2.72. The minimum Gasteiger partial charge on any atom is -0.493 e. The van der Waals surface area contributed by atoms with E-state index in [9.17, 15) is 13.6 Å². The van der Waals surface area contributed by atoms with Crippen molar-refractivity contribution < 1.29 is 18.3 Å². The molecule has 0 radical (unpaired) electrons. The molecule has 0 bridgehead atoms. The number of alkyl halides is 2. The van der Waals surface area contributed by atoms with Gasteiger partial charge in [-0.2, -0.15) is 0 Å². The normalized spacial score (nSPS) is 14.7. The molecule has 0 saturated heterocycles. The van der Waals surface area contributed by atoms with Gasteiger partial charge < -0.3 is 10.1 Å². The van der Waals surface area contributed by atoms with Gasteiger partial charge in [0, 0.05) is 19.0 Å². The number of carbonyl (C=O) groups is 1. The summed E-state index contributed by atoms with van der Waals surface area (Å²) in [7, 11) is 0. The van der Waals surface area contributed by atoms with E-state index in [4.69, 9.17) is 4.74 Å². The summed E-state index contributed by atoms with van der Waals surface area (Å²) in [4.78, 5) is 11.9. The van der Waals surface area contributed by atoms with Gasteiger partial charge in [0.1, 0.15) is 5.75 Å². The smallest absolute Gasteiger partial charge is 0.270 e. The van der Waals surface area contributed by atoms with E-state index < -0.39 is 5.92 Å². The SMILES string of the molecule is CCCCOc1cc(C(C)(F)F)cc2c1C(=O)NCC2. The molecule has 110 valence electrons. The van der Waals surface area contributed by atoms with Crippen LogP contribution in [0.25, 0.3) is 0 Å². The number of halogens is 2. The van der Waals surface area contributed by atoms with Crippen LogP contribution in [0.5, 0.6) is 5.75 Å². The fraction of sp³-hybridized carbons (Fsp3) is 0.533. The predicted molar refractivity (Wildman–Crippen MR) is 72.5 cm³/mol. The number of ether oxygens (including phenoxy) is 1. The molecule has 1 aromatic carbocycles. The zero-order valence-corrected chi connectivity index (χ0v) is 11.8. The van der Waals surface area contributed by atoms with Crippen molar-refractivity contribution in [2.24, 2.45) is 0 Å². The number of nitrogens with one attached hydrogen (secondary N) is 1. The van der Waals surface area contributed by atoms with Gasteiger partial charge in [0.25, 0.3) is 11.8 Å². The summed E-state index contributed by atoms with van der Waals surface area (Å²) in [5.74, 6) is -2.92. The molecule has 0 saturated carbocycles. The van der Waals surface area contributed by atoms with E-state index in [1.54, 1.807) is 0 Å². The second-order valence-corrected chi connectivity index (χ2v) is 5.10.